The van der Waals surface area contributed by atoms with E-state index in [0.29, 0.717) is 24.8 Å². The molecule has 0 aromatic heterocycles. The minimum atomic E-state index is 0.377. The molecule has 0 radical (unpaired) electrons. The summed E-state index contributed by atoms with van der Waals surface area (Å²) in [5, 5.41) is 0.641. The van der Waals surface area contributed by atoms with E-state index in [0.717, 1.165) is 11.3 Å². The molecular weight excluding hydrogens is 202 g/mol. The molecule has 4 heteroatoms. The molecule has 1 aromatic carbocycles. The third-order valence-corrected chi connectivity index (χ3v) is 2.18. The lowest BCUT2D eigenvalue weighted by Gasteiger charge is -2.10. The Labute approximate surface area is 88.8 Å². The van der Waals surface area contributed by atoms with Crippen LogP contribution in [0.2, 0.25) is 5.02 Å². The van der Waals surface area contributed by atoms with Crippen LogP contribution in [0.1, 0.15) is 5.56 Å². The first kappa shape index (κ1) is 11.3. The topological polar surface area (TPSA) is 44.5 Å². The third kappa shape index (κ3) is 2.87. The number of rotatable bonds is 5. The number of benzene rings is 1. The summed E-state index contributed by atoms with van der Waals surface area (Å²) in [6.07, 6.45) is 0. The molecule has 0 heterocycles. The lowest BCUT2D eigenvalue weighted by Crippen LogP contribution is -2.08. The number of hydrogen-bond acceptors (Lipinski definition) is 3. The van der Waals surface area contributed by atoms with Gasteiger partial charge in [0.15, 0.2) is 0 Å². The molecule has 2 N–H and O–H groups in total. The maximum absolute atomic E-state index is 5.95. The fourth-order valence-electron chi connectivity index (χ4n) is 1.11. The van der Waals surface area contributed by atoms with Crippen LogP contribution >= 0.6 is 11.6 Å². The van der Waals surface area contributed by atoms with Crippen molar-refractivity contribution >= 4 is 11.6 Å². The molecule has 0 atom stereocenters. The smallest absolute Gasteiger partial charge is 0.125 e. The molecule has 1 rings (SSSR count). The SMILES string of the molecule is COCCOc1cccc(Cl)c1CN. The van der Waals surface area contributed by atoms with Crippen LogP contribution < -0.4 is 10.5 Å². The Hall–Kier alpha value is -0.770. The van der Waals surface area contributed by atoms with E-state index in [1.165, 1.54) is 0 Å². The summed E-state index contributed by atoms with van der Waals surface area (Å²) < 4.78 is 10.3. The molecule has 0 saturated heterocycles. The largest absolute Gasteiger partial charge is 0.491 e. The van der Waals surface area contributed by atoms with Crippen molar-refractivity contribution < 1.29 is 9.47 Å². The molecule has 0 aliphatic rings. The van der Waals surface area contributed by atoms with Crippen LogP contribution in [0.4, 0.5) is 0 Å². The Morgan fingerprint density at radius 3 is 2.79 bits per heavy atom. The highest BCUT2D eigenvalue weighted by Crippen LogP contribution is 2.25. The number of nitrogens with two attached hydrogens (primary N) is 1. The Bertz CT molecular complexity index is 291. The van der Waals surface area contributed by atoms with Crippen molar-refractivity contribution in [1.29, 1.82) is 0 Å². The molecule has 3 nitrogen and oxygen atoms in total. The molecule has 0 bridgehead atoms. The fourth-order valence-corrected chi connectivity index (χ4v) is 1.35. The van der Waals surface area contributed by atoms with Crippen LogP contribution in [0, 0.1) is 0 Å². The van der Waals surface area contributed by atoms with Crippen LogP contribution in [-0.2, 0) is 11.3 Å². The summed E-state index contributed by atoms with van der Waals surface area (Å²) in [7, 11) is 1.63. The zero-order chi connectivity index (χ0) is 10.4. The van der Waals surface area contributed by atoms with Crippen molar-refractivity contribution in [2.75, 3.05) is 20.3 Å². The average Bonchev–Trinajstić information content (AvgIpc) is 2.18. The van der Waals surface area contributed by atoms with Gasteiger partial charge in [0.2, 0.25) is 0 Å². The number of hydrogen-bond donors (Lipinski definition) is 1. The van der Waals surface area contributed by atoms with Crippen molar-refractivity contribution in [3.63, 3.8) is 0 Å². The Morgan fingerprint density at radius 2 is 2.14 bits per heavy atom. The predicted octanol–water partition coefficient (Wildman–Crippen LogP) is 1.82. The second-order valence-electron chi connectivity index (χ2n) is 2.76. The van der Waals surface area contributed by atoms with E-state index in [1.807, 2.05) is 12.1 Å². The van der Waals surface area contributed by atoms with Crippen LogP contribution in [-0.4, -0.2) is 20.3 Å². The van der Waals surface area contributed by atoms with Gasteiger partial charge >= 0.3 is 0 Å². The summed E-state index contributed by atoms with van der Waals surface area (Å²) in [6, 6.07) is 5.49. The van der Waals surface area contributed by atoms with Gasteiger partial charge in [-0.15, -0.1) is 0 Å². The Kier molecular flexibility index (Phi) is 4.73. The molecule has 1 aromatic rings. The van der Waals surface area contributed by atoms with Gasteiger partial charge in [0.25, 0.3) is 0 Å². The van der Waals surface area contributed by atoms with E-state index in [2.05, 4.69) is 0 Å². The highest BCUT2D eigenvalue weighted by molar-refractivity contribution is 6.31. The molecule has 0 saturated carbocycles. The van der Waals surface area contributed by atoms with E-state index in [9.17, 15) is 0 Å². The first-order valence-electron chi connectivity index (χ1n) is 4.38. The lowest BCUT2D eigenvalue weighted by atomic mass is 10.2. The van der Waals surface area contributed by atoms with Crippen molar-refractivity contribution in [1.82, 2.24) is 0 Å². The number of ether oxygens (including phenoxy) is 2. The summed E-state index contributed by atoms with van der Waals surface area (Å²) >= 11 is 5.95. The van der Waals surface area contributed by atoms with Crippen LogP contribution in [0.15, 0.2) is 18.2 Å². The third-order valence-electron chi connectivity index (χ3n) is 1.83. The number of methoxy groups -OCH3 is 1. The molecule has 0 unspecified atom stereocenters. The maximum atomic E-state index is 5.95. The normalized spacial score (nSPS) is 10.2. The summed E-state index contributed by atoms with van der Waals surface area (Å²) in [5.41, 5.74) is 6.40. The molecule has 78 valence electrons. The predicted molar refractivity (Wildman–Crippen MR) is 56.7 cm³/mol. The zero-order valence-electron chi connectivity index (χ0n) is 8.13. The summed E-state index contributed by atoms with van der Waals surface area (Å²) in [4.78, 5) is 0. The fraction of sp³-hybridized carbons (Fsp3) is 0.400. The van der Waals surface area contributed by atoms with Gasteiger partial charge in [-0.2, -0.15) is 0 Å². The van der Waals surface area contributed by atoms with Gasteiger partial charge in [0, 0.05) is 24.2 Å². The van der Waals surface area contributed by atoms with Gasteiger partial charge in [-0.25, -0.2) is 0 Å². The molecule has 14 heavy (non-hydrogen) atoms. The monoisotopic (exact) mass is 215 g/mol. The van der Waals surface area contributed by atoms with Gasteiger partial charge in [-0.1, -0.05) is 17.7 Å². The van der Waals surface area contributed by atoms with E-state index in [4.69, 9.17) is 26.8 Å². The first-order chi connectivity index (χ1) is 6.79. The summed E-state index contributed by atoms with van der Waals surface area (Å²) in [5.74, 6) is 0.733. The molecule has 0 spiro atoms. The minimum absolute atomic E-state index is 0.377. The second-order valence-corrected chi connectivity index (χ2v) is 3.17. The standard InChI is InChI=1S/C10H14ClNO2/c1-13-5-6-14-10-4-2-3-9(11)8(10)7-12/h2-4H,5-7,12H2,1H3. The van der Waals surface area contributed by atoms with Crippen molar-refractivity contribution in [2.45, 2.75) is 6.54 Å². The van der Waals surface area contributed by atoms with Crippen molar-refractivity contribution in [3.05, 3.63) is 28.8 Å². The highest BCUT2D eigenvalue weighted by atomic mass is 35.5. The van der Waals surface area contributed by atoms with Gasteiger partial charge in [-0.05, 0) is 12.1 Å². The summed E-state index contributed by atoms with van der Waals surface area (Å²) in [6.45, 7) is 1.43. The number of halogens is 1. The minimum Gasteiger partial charge on any atom is -0.491 e. The van der Waals surface area contributed by atoms with Gasteiger partial charge in [0.05, 0.1) is 6.61 Å². The highest BCUT2D eigenvalue weighted by Gasteiger charge is 2.05. The van der Waals surface area contributed by atoms with Crippen LogP contribution in [0.3, 0.4) is 0 Å². The van der Waals surface area contributed by atoms with Gasteiger partial charge in [-0.3, -0.25) is 0 Å². The van der Waals surface area contributed by atoms with Crippen LogP contribution in [0.25, 0.3) is 0 Å². The van der Waals surface area contributed by atoms with Gasteiger partial charge < -0.3 is 15.2 Å². The molecule has 0 fully saturated rings. The molecular formula is C10H14ClNO2. The second kappa shape index (κ2) is 5.86. The zero-order valence-corrected chi connectivity index (χ0v) is 8.88. The van der Waals surface area contributed by atoms with E-state index < -0.39 is 0 Å². The average molecular weight is 216 g/mol. The quantitative estimate of drug-likeness (QED) is 0.763. The Morgan fingerprint density at radius 1 is 1.36 bits per heavy atom. The lowest BCUT2D eigenvalue weighted by molar-refractivity contribution is 0.146. The molecule has 0 aliphatic carbocycles. The molecule has 0 amide bonds. The van der Waals surface area contributed by atoms with Crippen molar-refractivity contribution in [3.8, 4) is 5.75 Å². The maximum Gasteiger partial charge on any atom is 0.125 e. The van der Waals surface area contributed by atoms with Crippen molar-refractivity contribution in [2.24, 2.45) is 5.73 Å². The van der Waals surface area contributed by atoms with E-state index >= 15 is 0 Å². The van der Waals surface area contributed by atoms with E-state index in [1.54, 1.807) is 13.2 Å². The van der Waals surface area contributed by atoms with Gasteiger partial charge in [0.1, 0.15) is 12.4 Å². The Balaban J connectivity index is 2.70. The first-order valence-corrected chi connectivity index (χ1v) is 4.76. The molecule has 0 aliphatic heterocycles. The van der Waals surface area contributed by atoms with E-state index in [-0.39, 0.29) is 0 Å². The van der Waals surface area contributed by atoms with Crippen LogP contribution in [0.5, 0.6) is 5.75 Å².